The number of hydrogen-bond acceptors (Lipinski definition) is 6. The van der Waals surface area contributed by atoms with Crippen molar-refractivity contribution < 1.29 is 14.0 Å². The number of ether oxygens (including phenoxy) is 2. The van der Waals surface area contributed by atoms with Crippen LogP contribution in [0.25, 0.3) is 11.5 Å². The molecule has 1 aliphatic heterocycles. The second-order valence-electron chi connectivity index (χ2n) is 4.22. The zero-order chi connectivity index (χ0) is 13.1. The molecule has 6 nitrogen and oxygen atoms in total. The monoisotopic (exact) mass is 261 g/mol. The number of aromatic nitrogens is 2. The topological polar surface area (TPSA) is 69.4 Å². The predicted octanol–water partition coefficient (Wildman–Crippen LogP) is 1.73. The smallest absolute Gasteiger partial charge is 0.261 e. The molecule has 6 heteroatoms. The van der Waals surface area contributed by atoms with Crippen molar-refractivity contribution in [1.82, 2.24) is 10.1 Å². The molecule has 0 aliphatic carbocycles. The minimum Gasteiger partial charge on any atom is -0.489 e. The Kier molecular flexibility index (Phi) is 3.33. The molecule has 19 heavy (non-hydrogen) atoms. The maximum Gasteiger partial charge on any atom is 0.261 e. The fourth-order valence-corrected chi connectivity index (χ4v) is 2.00. The van der Waals surface area contributed by atoms with Crippen LogP contribution in [0.1, 0.15) is 5.82 Å². The largest absolute Gasteiger partial charge is 0.489 e. The van der Waals surface area contributed by atoms with E-state index in [1.165, 1.54) is 0 Å². The average Bonchev–Trinajstić information content (AvgIpc) is 2.93. The van der Waals surface area contributed by atoms with Crippen molar-refractivity contribution in [3.8, 4) is 17.2 Å². The van der Waals surface area contributed by atoms with Crippen LogP contribution in [0.15, 0.2) is 22.7 Å². The van der Waals surface area contributed by atoms with Crippen molar-refractivity contribution in [2.75, 3.05) is 32.2 Å². The number of fused-ring (bicyclic) bond motifs is 1. The quantitative estimate of drug-likeness (QED) is 0.903. The van der Waals surface area contributed by atoms with E-state index in [1.54, 1.807) is 7.11 Å². The van der Waals surface area contributed by atoms with Crippen LogP contribution >= 0.6 is 0 Å². The summed E-state index contributed by atoms with van der Waals surface area (Å²) < 4.78 is 16.0. The van der Waals surface area contributed by atoms with Gasteiger partial charge in [0.15, 0.2) is 11.6 Å². The van der Waals surface area contributed by atoms with Gasteiger partial charge >= 0.3 is 0 Å². The van der Waals surface area contributed by atoms with E-state index in [9.17, 15) is 0 Å². The molecule has 1 aliphatic rings. The lowest BCUT2D eigenvalue weighted by Gasteiger charge is -2.20. The van der Waals surface area contributed by atoms with Crippen LogP contribution < -0.4 is 10.1 Å². The molecule has 0 fully saturated rings. The molecule has 1 aromatic heterocycles. The maximum absolute atomic E-state index is 5.68. The maximum atomic E-state index is 5.68. The third kappa shape index (κ3) is 2.39. The predicted molar refractivity (Wildman–Crippen MR) is 69.3 cm³/mol. The lowest BCUT2D eigenvalue weighted by Crippen LogP contribution is -2.18. The van der Waals surface area contributed by atoms with E-state index in [0.29, 0.717) is 31.3 Å². The van der Waals surface area contributed by atoms with E-state index >= 15 is 0 Å². The summed E-state index contributed by atoms with van der Waals surface area (Å²) in [5, 5.41) is 7.22. The molecule has 0 unspecified atom stereocenters. The molecule has 2 heterocycles. The molecule has 1 aromatic carbocycles. The molecule has 3 rings (SSSR count). The molecular formula is C13H15N3O3. The van der Waals surface area contributed by atoms with Gasteiger partial charge in [0.25, 0.3) is 5.89 Å². The SMILES string of the molecule is COCCc1noc(-c2cccc3c2OCCN3)n1. The van der Waals surface area contributed by atoms with Crippen LogP contribution in [-0.2, 0) is 11.2 Å². The molecule has 2 aromatic rings. The second-order valence-corrected chi connectivity index (χ2v) is 4.22. The summed E-state index contributed by atoms with van der Waals surface area (Å²) in [6.07, 6.45) is 0.633. The first-order valence-electron chi connectivity index (χ1n) is 6.20. The molecule has 0 saturated carbocycles. The third-order valence-electron chi connectivity index (χ3n) is 2.91. The van der Waals surface area contributed by atoms with Gasteiger partial charge in [0.1, 0.15) is 6.61 Å². The Hall–Kier alpha value is -2.08. The van der Waals surface area contributed by atoms with Gasteiger partial charge in [-0.3, -0.25) is 0 Å². The highest BCUT2D eigenvalue weighted by Gasteiger charge is 2.19. The van der Waals surface area contributed by atoms with E-state index in [-0.39, 0.29) is 0 Å². The number of nitrogens with one attached hydrogen (secondary N) is 1. The Morgan fingerprint density at radius 1 is 1.42 bits per heavy atom. The zero-order valence-electron chi connectivity index (χ0n) is 10.7. The molecule has 0 amide bonds. The van der Waals surface area contributed by atoms with Crippen LogP contribution in [-0.4, -0.2) is 37.0 Å². The summed E-state index contributed by atoms with van der Waals surface area (Å²) in [4.78, 5) is 4.36. The summed E-state index contributed by atoms with van der Waals surface area (Å²) in [5.41, 5.74) is 1.78. The van der Waals surface area contributed by atoms with Crippen molar-refractivity contribution >= 4 is 5.69 Å². The number of hydrogen-bond donors (Lipinski definition) is 1. The van der Waals surface area contributed by atoms with Crippen molar-refractivity contribution in [1.29, 1.82) is 0 Å². The van der Waals surface area contributed by atoms with Gasteiger partial charge in [-0.1, -0.05) is 11.2 Å². The number of para-hydroxylation sites is 1. The van der Waals surface area contributed by atoms with Crippen LogP contribution in [0.4, 0.5) is 5.69 Å². The van der Waals surface area contributed by atoms with E-state index in [1.807, 2.05) is 18.2 Å². The summed E-state index contributed by atoms with van der Waals surface area (Å²) in [7, 11) is 1.65. The highest BCUT2D eigenvalue weighted by atomic mass is 16.5. The van der Waals surface area contributed by atoms with Gasteiger partial charge in [-0.15, -0.1) is 0 Å². The standard InChI is InChI=1S/C13H15N3O3/c1-17-7-5-11-15-13(19-16-11)9-3-2-4-10-12(9)18-8-6-14-10/h2-4,14H,5-8H2,1H3. The van der Waals surface area contributed by atoms with Gasteiger partial charge in [-0.2, -0.15) is 4.98 Å². The van der Waals surface area contributed by atoms with E-state index in [0.717, 1.165) is 23.5 Å². The minimum absolute atomic E-state index is 0.478. The molecule has 0 saturated heterocycles. The first-order valence-corrected chi connectivity index (χ1v) is 6.20. The van der Waals surface area contributed by atoms with Gasteiger partial charge in [-0.05, 0) is 12.1 Å². The number of methoxy groups -OCH3 is 1. The lowest BCUT2D eigenvalue weighted by molar-refractivity contribution is 0.199. The number of anilines is 1. The Labute approximate surface area is 110 Å². The third-order valence-corrected chi connectivity index (χ3v) is 2.91. The number of rotatable bonds is 4. The molecule has 100 valence electrons. The first kappa shape index (κ1) is 12.0. The van der Waals surface area contributed by atoms with Crippen LogP contribution in [0, 0.1) is 0 Å². The van der Waals surface area contributed by atoms with E-state index < -0.39 is 0 Å². The van der Waals surface area contributed by atoms with Gasteiger partial charge in [0.2, 0.25) is 0 Å². The molecule has 0 spiro atoms. The van der Waals surface area contributed by atoms with Gasteiger partial charge in [0.05, 0.1) is 17.9 Å². The van der Waals surface area contributed by atoms with E-state index in [2.05, 4.69) is 15.5 Å². The lowest BCUT2D eigenvalue weighted by atomic mass is 10.1. The van der Waals surface area contributed by atoms with Crippen LogP contribution in [0.5, 0.6) is 5.75 Å². The normalized spacial score (nSPS) is 13.5. The van der Waals surface area contributed by atoms with Crippen molar-refractivity contribution in [3.63, 3.8) is 0 Å². The number of benzene rings is 1. The Bertz CT molecular complexity index is 568. The highest BCUT2D eigenvalue weighted by molar-refractivity contribution is 5.74. The average molecular weight is 261 g/mol. The Morgan fingerprint density at radius 2 is 2.37 bits per heavy atom. The summed E-state index contributed by atoms with van der Waals surface area (Å²) >= 11 is 0. The molecule has 1 N–H and O–H groups in total. The fraction of sp³-hybridized carbons (Fsp3) is 0.385. The van der Waals surface area contributed by atoms with Gasteiger partial charge in [0, 0.05) is 20.1 Å². The van der Waals surface area contributed by atoms with Gasteiger partial charge < -0.3 is 19.3 Å². The first-order chi connectivity index (χ1) is 9.38. The molecule has 0 atom stereocenters. The minimum atomic E-state index is 0.478. The molecule has 0 bridgehead atoms. The summed E-state index contributed by atoms with van der Waals surface area (Å²) in [6, 6.07) is 5.83. The van der Waals surface area contributed by atoms with Crippen LogP contribution in [0.3, 0.4) is 0 Å². The summed E-state index contributed by atoms with van der Waals surface area (Å²) in [5.74, 6) is 1.89. The molecule has 0 radical (unpaired) electrons. The van der Waals surface area contributed by atoms with Crippen molar-refractivity contribution in [2.24, 2.45) is 0 Å². The zero-order valence-corrected chi connectivity index (χ0v) is 10.7. The van der Waals surface area contributed by atoms with Crippen LogP contribution in [0.2, 0.25) is 0 Å². The van der Waals surface area contributed by atoms with E-state index in [4.69, 9.17) is 14.0 Å². The Morgan fingerprint density at radius 3 is 3.26 bits per heavy atom. The number of nitrogens with zero attached hydrogens (tertiary/aromatic N) is 2. The highest BCUT2D eigenvalue weighted by Crippen LogP contribution is 2.37. The Balaban J connectivity index is 1.91. The molecular weight excluding hydrogens is 246 g/mol. The summed E-state index contributed by atoms with van der Waals surface area (Å²) in [6.45, 7) is 2.01. The van der Waals surface area contributed by atoms with Crippen molar-refractivity contribution in [3.05, 3.63) is 24.0 Å². The van der Waals surface area contributed by atoms with Crippen molar-refractivity contribution in [2.45, 2.75) is 6.42 Å². The second kappa shape index (κ2) is 5.27. The fourth-order valence-electron chi connectivity index (χ4n) is 2.00. The van der Waals surface area contributed by atoms with Gasteiger partial charge in [-0.25, -0.2) is 0 Å².